The highest BCUT2D eigenvalue weighted by Crippen LogP contribution is 2.36. The van der Waals surface area contributed by atoms with Gasteiger partial charge in [0.2, 0.25) is 0 Å². The molecule has 0 aliphatic rings. The van der Waals surface area contributed by atoms with Gasteiger partial charge in [-0.15, -0.1) is 0 Å². The second-order valence-electron chi connectivity index (χ2n) is 6.29. The number of pyridine rings is 1. The number of aromatic nitrogens is 1. The smallest absolute Gasteiger partial charge is 0.275 e. The Morgan fingerprint density at radius 1 is 1.32 bits per heavy atom. The predicted octanol–water partition coefficient (Wildman–Crippen LogP) is 2.03. The molecule has 1 heterocycles. The van der Waals surface area contributed by atoms with Gasteiger partial charge in [0.25, 0.3) is 5.56 Å². The van der Waals surface area contributed by atoms with Crippen molar-refractivity contribution < 1.29 is 4.43 Å². The molecule has 108 valence electrons. The molecule has 0 atom stereocenters. The molecule has 0 saturated heterocycles. The highest BCUT2D eigenvalue weighted by Gasteiger charge is 2.36. The molecular weight excluding hydrogens is 258 g/mol. The van der Waals surface area contributed by atoms with E-state index in [4.69, 9.17) is 15.9 Å². The molecule has 0 spiro atoms. The van der Waals surface area contributed by atoms with Crippen molar-refractivity contribution in [2.75, 3.05) is 18.1 Å². The highest BCUT2D eigenvalue weighted by atomic mass is 28.4. The molecule has 0 unspecified atom stereocenters. The normalized spacial score (nSPS) is 12.7. The van der Waals surface area contributed by atoms with E-state index in [-0.39, 0.29) is 16.3 Å². The van der Waals surface area contributed by atoms with Crippen molar-refractivity contribution in [1.29, 1.82) is 0 Å². The second kappa shape index (κ2) is 5.38. The fourth-order valence-electron chi connectivity index (χ4n) is 1.40. The van der Waals surface area contributed by atoms with Gasteiger partial charge in [0.15, 0.2) is 8.32 Å². The third-order valence-electron chi connectivity index (χ3n) is 3.84. The number of nitrogens with zero attached hydrogens (tertiary/aromatic N) is 1. The van der Waals surface area contributed by atoms with Crippen molar-refractivity contribution in [2.24, 2.45) is 0 Å². The minimum Gasteiger partial charge on any atom is -0.415 e. The summed E-state index contributed by atoms with van der Waals surface area (Å²) in [6.45, 7) is 11.9. The summed E-state index contributed by atoms with van der Waals surface area (Å²) < 4.78 is 7.57. The maximum Gasteiger partial charge on any atom is 0.275 e. The Bertz CT molecular complexity index is 504. The van der Waals surface area contributed by atoms with E-state index in [1.54, 1.807) is 16.8 Å². The molecular formula is C13H25N3O2Si. The van der Waals surface area contributed by atoms with Crippen LogP contribution in [0.15, 0.2) is 17.1 Å². The lowest BCUT2D eigenvalue weighted by Crippen LogP contribution is -2.41. The molecule has 5 nitrogen and oxygen atoms in total. The van der Waals surface area contributed by atoms with Gasteiger partial charge in [-0.1, -0.05) is 20.8 Å². The van der Waals surface area contributed by atoms with E-state index in [0.29, 0.717) is 18.8 Å². The van der Waals surface area contributed by atoms with Crippen LogP contribution in [-0.4, -0.2) is 19.5 Å². The maximum atomic E-state index is 11.9. The summed E-state index contributed by atoms with van der Waals surface area (Å²) in [4.78, 5) is 11.9. The van der Waals surface area contributed by atoms with Crippen LogP contribution in [0, 0.1) is 0 Å². The van der Waals surface area contributed by atoms with E-state index in [2.05, 4.69) is 33.9 Å². The molecule has 1 aromatic rings. The first kappa shape index (κ1) is 15.8. The molecule has 0 radical (unpaired) electrons. The topological polar surface area (TPSA) is 83.3 Å². The number of nitrogens with two attached hydrogens (primary N) is 2. The minimum absolute atomic E-state index is 0.106. The van der Waals surface area contributed by atoms with Gasteiger partial charge in [-0.05, 0) is 24.2 Å². The van der Waals surface area contributed by atoms with Gasteiger partial charge in [-0.3, -0.25) is 4.79 Å². The van der Waals surface area contributed by atoms with E-state index in [1.165, 1.54) is 0 Å². The summed E-state index contributed by atoms with van der Waals surface area (Å²) in [5.74, 6) is 0. The van der Waals surface area contributed by atoms with Crippen molar-refractivity contribution >= 4 is 19.7 Å². The van der Waals surface area contributed by atoms with Crippen LogP contribution in [0.25, 0.3) is 0 Å². The Hall–Kier alpha value is -1.27. The first-order valence-corrected chi connectivity index (χ1v) is 9.35. The van der Waals surface area contributed by atoms with Crippen molar-refractivity contribution in [1.82, 2.24) is 4.57 Å². The van der Waals surface area contributed by atoms with Crippen molar-refractivity contribution in [2.45, 2.75) is 45.4 Å². The second-order valence-corrected chi connectivity index (χ2v) is 11.1. The lowest BCUT2D eigenvalue weighted by molar-refractivity contribution is 0.270. The molecule has 19 heavy (non-hydrogen) atoms. The van der Waals surface area contributed by atoms with Gasteiger partial charge in [0.1, 0.15) is 5.69 Å². The molecule has 0 amide bonds. The number of hydrogen-bond donors (Lipinski definition) is 2. The van der Waals surface area contributed by atoms with Gasteiger partial charge in [-0.2, -0.15) is 0 Å². The molecule has 0 aliphatic carbocycles. The first-order chi connectivity index (χ1) is 8.56. The van der Waals surface area contributed by atoms with Crippen molar-refractivity contribution in [3.63, 3.8) is 0 Å². The lowest BCUT2D eigenvalue weighted by atomic mass is 10.2. The summed E-state index contributed by atoms with van der Waals surface area (Å²) in [6, 6.07) is 1.64. The van der Waals surface area contributed by atoms with E-state index >= 15 is 0 Å². The van der Waals surface area contributed by atoms with E-state index in [1.807, 2.05) is 0 Å². The van der Waals surface area contributed by atoms with Gasteiger partial charge < -0.3 is 20.5 Å². The Labute approximate surface area is 115 Å². The third-order valence-corrected chi connectivity index (χ3v) is 8.38. The van der Waals surface area contributed by atoms with Gasteiger partial charge in [0, 0.05) is 12.7 Å². The summed E-state index contributed by atoms with van der Waals surface area (Å²) in [5, 5.41) is 0.165. The quantitative estimate of drug-likeness (QED) is 0.828. The minimum atomic E-state index is -1.77. The molecule has 4 N–H and O–H groups in total. The fraction of sp³-hybridized carbons (Fsp3) is 0.615. The Morgan fingerprint density at radius 2 is 1.89 bits per heavy atom. The van der Waals surface area contributed by atoms with Crippen LogP contribution in [-0.2, 0) is 11.0 Å². The summed E-state index contributed by atoms with van der Waals surface area (Å²) >= 11 is 0. The standard InChI is InChI=1S/C13H25N3O2Si/c1-13(2,3)19(4,5)18-9-8-16-7-6-10(14)11(15)12(16)17/h6-7H,8-9,14-15H2,1-5H3. The molecule has 6 heteroatoms. The van der Waals surface area contributed by atoms with E-state index < -0.39 is 8.32 Å². The van der Waals surface area contributed by atoms with Crippen molar-refractivity contribution in [3.8, 4) is 0 Å². The van der Waals surface area contributed by atoms with Crippen molar-refractivity contribution in [3.05, 3.63) is 22.6 Å². The SMILES string of the molecule is CC(C)(C)[Si](C)(C)OCCn1ccc(N)c(N)c1=O. The molecule has 0 saturated carbocycles. The maximum absolute atomic E-state index is 11.9. The predicted molar refractivity (Wildman–Crippen MR) is 82.7 cm³/mol. The Morgan fingerprint density at radius 3 is 2.42 bits per heavy atom. The summed E-state index contributed by atoms with van der Waals surface area (Å²) in [6.07, 6.45) is 1.66. The van der Waals surface area contributed by atoms with Crippen LogP contribution in [0.2, 0.25) is 18.1 Å². The number of hydrogen-bond acceptors (Lipinski definition) is 4. The molecule has 0 fully saturated rings. The van der Waals surface area contributed by atoms with Crippen LogP contribution in [0.5, 0.6) is 0 Å². The molecule has 1 aromatic heterocycles. The monoisotopic (exact) mass is 283 g/mol. The largest absolute Gasteiger partial charge is 0.415 e. The zero-order valence-electron chi connectivity index (χ0n) is 12.5. The zero-order valence-corrected chi connectivity index (χ0v) is 13.5. The lowest BCUT2D eigenvalue weighted by Gasteiger charge is -2.36. The molecule has 0 aliphatic heterocycles. The van der Waals surface area contributed by atoms with Crippen LogP contribution < -0.4 is 17.0 Å². The number of anilines is 2. The molecule has 1 rings (SSSR count). The molecule has 0 aromatic carbocycles. The van der Waals surface area contributed by atoms with Gasteiger partial charge >= 0.3 is 0 Å². The third kappa shape index (κ3) is 3.60. The fourth-order valence-corrected chi connectivity index (χ4v) is 2.43. The highest BCUT2D eigenvalue weighted by molar-refractivity contribution is 6.74. The van der Waals surface area contributed by atoms with Crippen LogP contribution >= 0.6 is 0 Å². The number of nitrogen functional groups attached to an aromatic ring is 2. The van der Waals surface area contributed by atoms with E-state index in [0.717, 1.165) is 0 Å². The zero-order chi connectivity index (χ0) is 14.8. The van der Waals surface area contributed by atoms with Crippen LogP contribution in [0.3, 0.4) is 0 Å². The molecule has 0 bridgehead atoms. The Kier molecular flexibility index (Phi) is 4.47. The van der Waals surface area contributed by atoms with Crippen LogP contribution in [0.4, 0.5) is 11.4 Å². The van der Waals surface area contributed by atoms with E-state index in [9.17, 15) is 4.79 Å². The Balaban J connectivity index is 2.70. The first-order valence-electron chi connectivity index (χ1n) is 6.44. The van der Waals surface area contributed by atoms with Crippen LogP contribution in [0.1, 0.15) is 20.8 Å². The summed E-state index contributed by atoms with van der Waals surface area (Å²) in [5.41, 5.74) is 11.4. The summed E-state index contributed by atoms with van der Waals surface area (Å²) in [7, 11) is -1.77. The van der Waals surface area contributed by atoms with Gasteiger partial charge in [-0.25, -0.2) is 0 Å². The van der Waals surface area contributed by atoms with Gasteiger partial charge in [0.05, 0.1) is 12.3 Å². The number of rotatable bonds is 4. The average molecular weight is 283 g/mol. The average Bonchev–Trinajstić information content (AvgIpc) is 2.27.